The predicted octanol–water partition coefficient (Wildman–Crippen LogP) is 2.95. The lowest BCUT2D eigenvalue weighted by Crippen LogP contribution is -2.37. The second-order valence-corrected chi connectivity index (χ2v) is 8.24. The molecule has 0 spiro atoms. The molecule has 0 heterocycles. The molecule has 0 atom stereocenters. The Labute approximate surface area is 151 Å². The second kappa shape index (κ2) is 8.46. The normalized spacial score (nSPS) is 11.5. The van der Waals surface area contributed by atoms with E-state index in [0.717, 1.165) is 15.5 Å². The number of benzene rings is 2. The van der Waals surface area contributed by atoms with E-state index in [-0.39, 0.29) is 13.1 Å². The van der Waals surface area contributed by atoms with Gasteiger partial charge in [-0.3, -0.25) is 4.79 Å². The second-order valence-electron chi connectivity index (χ2n) is 5.41. The fourth-order valence-corrected chi connectivity index (χ4v) is 3.47. The average Bonchev–Trinajstić information content (AvgIpc) is 2.56. The summed E-state index contributed by atoms with van der Waals surface area (Å²) in [5.41, 5.74) is 1.24. The summed E-state index contributed by atoms with van der Waals surface area (Å²) in [6, 6.07) is 12.8. The standard InChI is InChI=1S/C17H19FN2O3S2/c1-24-16-6-4-3-5-15(16)19-17(21)12-20(25(2,22)23)11-13-7-9-14(18)10-8-13/h3-10H,11-12H2,1-2H3,(H,19,21). The molecule has 2 aromatic carbocycles. The molecular formula is C17H19FN2O3S2. The molecule has 0 radical (unpaired) electrons. The zero-order chi connectivity index (χ0) is 18.4. The summed E-state index contributed by atoms with van der Waals surface area (Å²) in [6.07, 6.45) is 2.93. The lowest BCUT2D eigenvalue weighted by molar-refractivity contribution is -0.116. The first kappa shape index (κ1) is 19.4. The Hall–Kier alpha value is -1.90. The van der Waals surface area contributed by atoms with Crippen molar-refractivity contribution in [3.63, 3.8) is 0 Å². The molecule has 0 saturated carbocycles. The molecule has 8 heteroatoms. The van der Waals surface area contributed by atoms with Crippen molar-refractivity contribution in [1.29, 1.82) is 0 Å². The number of hydrogen-bond acceptors (Lipinski definition) is 4. The van der Waals surface area contributed by atoms with Crippen LogP contribution >= 0.6 is 11.8 Å². The Bertz CT molecular complexity index is 839. The highest BCUT2D eigenvalue weighted by molar-refractivity contribution is 7.98. The zero-order valence-corrected chi connectivity index (χ0v) is 15.5. The van der Waals surface area contributed by atoms with Crippen LogP contribution in [0.3, 0.4) is 0 Å². The molecular weight excluding hydrogens is 363 g/mol. The van der Waals surface area contributed by atoms with E-state index in [0.29, 0.717) is 11.3 Å². The van der Waals surface area contributed by atoms with Crippen LogP contribution in [0, 0.1) is 5.82 Å². The molecule has 134 valence electrons. The Morgan fingerprint density at radius 3 is 2.40 bits per heavy atom. The topological polar surface area (TPSA) is 66.5 Å². The Kier molecular flexibility index (Phi) is 6.57. The molecule has 25 heavy (non-hydrogen) atoms. The van der Waals surface area contributed by atoms with Gasteiger partial charge in [0.1, 0.15) is 5.82 Å². The van der Waals surface area contributed by atoms with E-state index in [1.807, 2.05) is 18.4 Å². The lowest BCUT2D eigenvalue weighted by Gasteiger charge is -2.20. The molecule has 1 amide bonds. The summed E-state index contributed by atoms with van der Waals surface area (Å²) in [5, 5.41) is 2.73. The fourth-order valence-electron chi connectivity index (χ4n) is 2.18. The van der Waals surface area contributed by atoms with Gasteiger partial charge in [0.2, 0.25) is 15.9 Å². The summed E-state index contributed by atoms with van der Waals surface area (Å²) in [7, 11) is -3.60. The van der Waals surface area contributed by atoms with Crippen LogP contribution < -0.4 is 5.32 Å². The number of amides is 1. The maximum atomic E-state index is 13.0. The van der Waals surface area contributed by atoms with Gasteiger partial charge < -0.3 is 5.32 Å². The predicted molar refractivity (Wildman–Crippen MR) is 98.5 cm³/mol. The molecule has 0 aromatic heterocycles. The Balaban J connectivity index is 2.11. The van der Waals surface area contributed by atoms with Crippen LogP contribution in [0.4, 0.5) is 10.1 Å². The first-order valence-electron chi connectivity index (χ1n) is 7.42. The first-order valence-corrected chi connectivity index (χ1v) is 10.5. The van der Waals surface area contributed by atoms with Crippen LogP contribution in [-0.2, 0) is 21.4 Å². The third-order valence-corrected chi connectivity index (χ3v) is 5.43. The van der Waals surface area contributed by atoms with Crippen molar-refractivity contribution in [3.8, 4) is 0 Å². The monoisotopic (exact) mass is 382 g/mol. The van der Waals surface area contributed by atoms with E-state index in [4.69, 9.17) is 0 Å². The number of thioether (sulfide) groups is 1. The molecule has 0 aliphatic carbocycles. The number of nitrogens with one attached hydrogen (secondary N) is 1. The number of para-hydroxylation sites is 1. The largest absolute Gasteiger partial charge is 0.324 e. The van der Waals surface area contributed by atoms with Crippen LogP contribution in [-0.4, -0.2) is 37.7 Å². The number of anilines is 1. The van der Waals surface area contributed by atoms with E-state index in [2.05, 4.69) is 5.32 Å². The van der Waals surface area contributed by atoms with Crippen molar-refractivity contribution in [2.24, 2.45) is 0 Å². The van der Waals surface area contributed by atoms with E-state index in [1.165, 1.54) is 36.0 Å². The van der Waals surface area contributed by atoms with Crippen molar-refractivity contribution in [3.05, 3.63) is 59.9 Å². The molecule has 0 aliphatic heterocycles. The maximum Gasteiger partial charge on any atom is 0.239 e. The van der Waals surface area contributed by atoms with Crippen molar-refractivity contribution >= 4 is 33.4 Å². The highest BCUT2D eigenvalue weighted by Crippen LogP contribution is 2.24. The molecule has 0 aliphatic rings. The van der Waals surface area contributed by atoms with Gasteiger partial charge in [0, 0.05) is 11.4 Å². The van der Waals surface area contributed by atoms with Gasteiger partial charge in [-0.05, 0) is 36.1 Å². The van der Waals surface area contributed by atoms with E-state index in [1.54, 1.807) is 12.1 Å². The van der Waals surface area contributed by atoms with Crippen LogP contribution in [0.15, 0.2) is 53.4 Å². The van der Waals surface area contributed by atoms with Gasteiger partial charge in [0.25, 0.3) is 0 Å². The molecule has 0 bridgehead atoms. The number of nitrogens with zero attached hydrogens (tertiary/aromatic N) is 1. The molecule has 0 unspecified atom stereocenters. The van der Waals surface area contributed by atoms with Gasteiger partial charge in [0.05, 0.1) is 18.5 Å². The zero-order valence-electron chi connectivity index (χ0n) is 13.9. The quantitative estimate of drug-likeness (QED) is 0.748. The molecule has 0 fully saturated rings. The van der Waals surface area contributed by atoms with E-state index >= 15 is 0 Å². The minimum absolute atomic E-state index is 0.00327. The van der Waals surface area contributed by atoms with Crippen molar-refractivity contribution in [2.45, 2.75) is 11.4 Å². The molecule has 2 aromatic rings. The van der Waals surface area contributed by atoms with Crippen molar-refractivity contribution in [1.82, 2.24) is 4.31 Å². The van der Waals surface area contributed by atoms with E-state index < -0.39 is 21.7 Å². The minimum Gasteiger partial charge on any atom is -0.324 e. The van der Waals surface area contributed by atoms with Gasteiger partial charge in [0.15, 0.2) is 0 Å². The third kappa shape index (κ3) is 5.84. The average molecular weight is 382 g/mol. The maximum absolute atomic E-state index is 13.0. The van der Waals surface area contributed by atoms with Crippen molar-refractivity contribution < 1.29 is 17.6 Å². The van der Waals surface area contributed by atoms with Crippen LogP contribution in [0.5, 0.6) is 0 Å². The summed E-state index contributed by atoms with van der Waals surface area (Å²) in [5.74, 6) is -0.838. The highest BCUT2D eigenvalue weighted by atomic mass is 32.2. The SMILES string of the molecule is CSc1ccccc1NC(=O)CN(Cc1ccc(F)cc1)S(C)(=O)=O. The lowest BCUT2D eigenvalue weighted by atomic mass is 10.2. The molecule has 2 rings (SSSR count). The summed E-state index contributed by atoms with van der Waals surface area (Å²) in [6.45, 7) is -0.324. The Morgan fingerprint density at radius 1 is 1.16 bits per heavy atom. The summed E-state index contributed by atoms with van der Waals surface area (Å²) >= 11 is 1.48. The minimum atomic E-state index is -3.60. The number of carbonyl (C=O) groups is 1. The van der Waals surface area contributed by atoms with Gasteiger partial charge in [-0.15, -0.1) is 11.8 Å². The number of sulfonamides is 1. The molecule has 0 saturated heterocycles. The summed E-state index contributed by atoms with van der Waals surface area (Å²) in [4.78, 5) is 13.2. The van der Waals surface area contributed by atoms with Crippen LogP contribution in [0.25, 0.3) is 0 Å². The number of halogens is 1. The third-order valence-electron chi connectivity index (χ3n) is 3.44. The Morgan fingerprint density at radius 2 is 1.80 bits per heavy atom. The molecule has 1 N–H and O–H groups in total. The fraction of sp³-hybridized carbons (Fsp3) is 0.235. The van der Waals surface area contributed by atoms with Crippen LogP contribution in [0.1, 0.15) is 5.56 Å². The van der Waals surface area contributed by atoms with Gasteiger partial charge in [-0.2, -0.15) is 4.31 Å². The number of rotatable bonds is 7. The smallest absolute Gasteiger partial charge is 0.239 e. The number of hydrogen-bond donors (Lipinski definition) is 1. The van der Waals surface area contributed by atoms with Crippen molar-refractivity contribution in [2.75, 3.05) is 24.4 Å². The molecule has 5 nitrogen and oxygen atoms in total. The van der Waals surface area contributed by atoms with Crippen LogP contribution in [0.2, 0.25) is 0 Å². The van der Waals surface area contributed by atoms with Gasteiger partial charge in [-0.25, -0.2) is 12.8 Å². The van der Waals surface area contributed by atoms with Gasteiger partial charge >= 0.3 is 0 Å². The number of carbonyl (C=O) groups excluding carboxylic acids is 1. The first-order chi connectivity index (χ1) is 11.8. The van der Waals surface area contributed by atoms with E-state index in [9.17, 15) is 17.6 Å². The highest BCUT2D eigenvalue weighted by Gasteiger charge is 2.21. The van der Waals surface area contributed by atoms with Gasteiger partial charge in [-0.1, -0.05) is 24.3 Å². The summed E-state index contributed by atoms with van der Waals surface area (Å²) < 4.78 is 38.0.